The summed E-state index contributed by atoms with van der Waals surface area (Å²) in [4.78, 5) is 1.36. The average Bonchev–Trinajstić information content (AvgIpc) is 2.68. The summed E-state index contributed by atoms with van der Waals surface area (Å²) in [7, 11) is 2.18. The van der Waals surface area contributed by atoms with Crippen molar-refractivity contribution in [2.45, 2.75) is 26.2 Å². The van der Waals surface area contributed by atoms with E-state index in [1.54, 1.807) is 0 Å². The number of pyridine rings is 1. The van der Waals surface area contributed by atoms with E-state index in [0.29, 0.717) is 0 Å². The van der Waals surface area contributed by atoms with Crippen LogP contribution in [0.15, 0.2) is 36.4 Å². The third-order valence-corrected chi connectivity index (χ3v) is 4.72. The predicted molar refractivity (Wildman–Crippen MR) is 79.2 cm³/mol. The predicted octanol–water partition coefficient (Wildman–Crippen LogP) is 4.18. The van der Waals surface area contributed by atoms with Crippen LogP contribution in [0.2, 0.25) is 0 Å². The first-order valence-electron chi connectivity index (χ1n) is 6.29. The lowest BCUT2D eigenvalue weighted by Crippen LogP contribution is -2.39. The zero-order chi connectivity index (χ0) is 12.9. The Morgan fingerprint density at radius 3 is 2.39 bits per heavy atom. The first kappa shape index (κ1) is 11.7. The van der Waals surface area contributed by atoms with Crippen LogP contribution in [0, 0.1) is 0 Å². The number of aryl methyl sites for hydroxylation is 1. The van der Waals surface area contributed by atoms with Gasteiger partial charge in [0, 0.05) is 21.6 Å². The summed E-state index contributed by atoms with van der Waals surface area (Å²) in [6.07, 6.45) is 0. The van der Waals surface area contributed by atoms with Gasteiger partial charge in [-0.3, -0.25) is 0 Å². The Bertz CT molecular complexity index is 732. The molecule has 2 heteroatoms. The van der Waals surface area contributed by atoms with Crippen LogP contribution in [0.5, 0.6) is 0 Å². The molecule has 0 radical (unpaired) electrons. The molecular formula is C16H18NS+. The summed E-state index contributed by atoms with van der Waals surface area (Å²) < 4.78 is 3.72. The molecule has 1 nitrogen and oxygen atoms in total. The topological polar surface area (TPSA) is 3.88 Å². The minimum Gasteiger partial charge on any atom is -0.189 e. The van der Waals surface area contributed by atoms with Gasteiger partial charge in [0.2, 0.25) is 0 Å². The van der Waals surface area contributed by atoms with Gasteiger partial charge >= 0.3 is 0 Å². The van der Waals surface area contributed by atoms with E-state index in [9.17, 15) is 0 Å². The molecule has 0 amide bonds. The lowest BCUT2D eigenvalue weighted by Gasteiger charge is -2.15. The second-order valence-electron chi connectivity index (χ2n) is 5.84. The number of thiophene rings is 1. The summed E-state index contributed by atoms with van der Waals surface area (Å²) in [5, 5.41) is 2.74. The molecule has 0 aliphatic rings. The van der Waals surface area contributed by atoms with Gasteiger partial charge in [-0.2, -0.15) is 4.57 Å². The Labute approximate surface area is 112 Å². The smallest absolute Gasteiger partial charge is 0.189 e. The second kappa shape index (κ2) is 3.79. The van der Waals surface area contributed by atoms with E-state index in [-0.39, 0.29) is 5.41 Å². The molecule has 0 unspecified atom stereocenters. The summed E-state index contributed by atoms with van der Waals surface area (Å²) in [5.41, 5.74) is 1.56. The lowest BCUT2D eigenvalue weighted by molar-refractivity contribution is -0.654. The zero-order valence-electron chi connectivity index (χ0n) is 11.3. The number of rotatable bonds is 0. The highest BCUT2D eigenvalue weighted by Crippen LogP contribution is 2.32. The maximum absolute atomic E-state index is 2.35. The van der Waals surface area contributed by atoms with Crippen LogP contribution in [0.1, 0.15) is 26.5 Å². The fraction of sp³-hybridized carbons (Fsp3) is 0.312. The first-order valence-corrected chi connectivity index (χ1v) is 7.11. The third kappa shape index (κ3) is 1.64. The second-order valence-corrected chi connectivity index (χ2v) is 6.88. The molecule has 0 aliphatic heterocycles. The monoisotopic (exact) mass is 256 g/mol. The van der Waals surface area contributed by atoms with Gasteiger partial charge in [-0.1, -0.05) is 50.3 Å². The Morgan fingerprint density at radius 1 is 0.944 bits per heavy atom. The van der Waals surface area contributed by atoms with Crippen molar-refractivity contribution in [1.82, 2.24) is 0 Å². The van der Waals surface area contributed by atoms with Gasteiger partial charge in [-0.15, -0.1) is 0 Å². The zero-order valence-corrected chi connectivity index (χ0v) is 12.1. The largest absolute Gasteiger partial charge is 0.270 e. The Morgan fingerprint density at radius 2 is 1.67 bits per heavy atom. The number of hydrogen-bond acceptors (Lipinski definition) is 1. The highest BCUT2D eigenvalue weighted by molar-refractivity contribution is 7.25. The Hall–Kier alpha value is -1.41. The Balaban J connectivity index is 2.43. The molecule has 1 aromatic carbocycles. The van der Waals surface area contributed by atoms with Crippen molar-refractivity contribution in [3.63, 3.8) is 0 Å². The van der Waals surface area contributed by atoms with E-state index in [4.69, 9.17) is 0 Å². The van der Waals surface area contributed by atoms with E-state index in [1.165, 1.54) is 26.0 Å². The van der Waals surface area contributed by atoms with Crippen LogP contribution in [-0.2, 0) is 12.5 Å². The molecule has 3 aromatic rings. The van der Waals surface area contributed by atoms with Gasteiger partial charge in [0.25, 0.3) is 4.83 Å². The molecule has 3 rings (SSSR count). The summed E-state index contributed by atoms with van der Waals surface area (Å²) in [6.45, 7) is 6.80. The molecule has 2 aromatic heterocycles. The summed E-state index contributed by atoms with van der Waals surface area (Å²) in [5.74, 6) is 0. The standard InChI is InChI=1S/C16H18NS/c1-16(2,3)14-10-9-12-11-7-5-6-8-13(11)18-15(12)17(14)4/h5-10H,1-4H3/q+1. The van der Waals surface area contributed by atoms with Gasteiger partial charge in [0.05, 0.1) is 5.39 Å². The van der Waals surface area contributed by atoms with Crippen LogP contribution >= 0.6 is 11.3 Å². The molecule has 92 valence electrons. The van der Waals surface area contributed by atoms with Gasteiger partial charge in [-0.25, -0.2) is 0 Å². The summed E-state index contributed by atoms with van der Waals surface area (Å²) in [6, 6.07) is 13.2. The number of fused-ring (bicyclic) bond motifs is 3. The molecule has 0 N–H and O–H groups in total. The van der Waals surface area contributed by atoms with Gasteiger partial charge in [0.1, 0.15) is 7.05 Å². The van der Waals surface area contributed by atoms with Crippen molar-refractivity contribution in [3.8, 4) is 0 Å². The molecule has 0 saturated heterocycles. The molecule has 0 atom stereocenters. The minimum absolute atomic E-state index is 0.180. The van der Waals surface area contributed by atoms with Gasteiger partial charge < -0.3 is 0 Å². The van der Waals surface area contributed by atoms with Crippen LogP contribution in [-0.4, -0.2) is 0 Å². The molecule has 0 aliphatic carbocycles. The highest BCUT2D eigenvalue weighted by atomic mass is 32.1. The molecule has 0 bridgehead atoms. The Kier molecular flexibility index (Phi) is 2.46. The fourth-order valence-electron chi connectivity index (χ4n) is 2.60. The van der Waals surface area contributed by atoms with E-state index in [2.05, 4.69) is 68.8 Å². The van der Waals surface area contributed by atoms with Gasteiger partial charge in [0.15, 0.2) is 5.69 Å². The first-order chi connectivity index (χ1) is 8.48. The number of aromatic nitrogens is 1. The molecular weight excluding hydrogens is 238 g/mol. The summed E-state index contributed by atoms with van der Waals surface area (Å²) >= 11 is 1.88. The van der Waals surface area contributed by atoms with E-state index < -0.39 is 0 Å². The van der Waals surface area contributed by atoms with Crippen LogP contribution in [0.3, 0.4) is 0 Å². The normalized spacial score (nSPS) is 12.4. The van der Waals surface area contributed by atoms with Crippen molar-refractivity contribution < 1.29 is 4.57 Å². The minimum atomic E-state index is 0.180. The van der Waals surface area contributed by atoms with Crippen LogP contribution < -0.4 is 4.57 Å². The molecule has 0 fully saturated rings. The molecule has 0 spiro atoms. The average molecular weight is 256 g/mol. The SMILES string of the molecule is C[n+]1c(C(C)(C)C)ccc2c3ccccc3sc21. The van der Waals surface area contributed by atoms with Crippen LogP contribution in [0.4, 0.5) is 0 Å². The number of benzene rings is 1. The maximum Gasteiger partial charge on any atom is 0.270 e. The van der Waals surface area contributed by atoms with Crippen molar-refractivity contribution >= 4 is 31.6 Å². The quantitative estimate of drug-likeness (QED) is 0.531. The van der Waals surface area contributed by atoms with Crippen LogP contribution in [0.25, 0.3) is 20.3 Å². The van der Waals surface area contributed by atoms with Crippen molar-refractivity contribution in [3.05, 3.63) is 42.1 Å². The third-order valence-electron chi connectivity index (χ3n) is 3.46. The van der Waals surface area contributed by atoms with Crippen molar-refractivity contribution in [2.75, 3.05) is 0 Å². The highest BCUT2D eigenvalue weighted by Gasteiger charge is 2.26. The number of hydrogen-bond donors (Lipinski definition) is 0. The van der Waals surface area contributed by atoms with Crippen molar-refractivity contribution in [2.24, 2.45) is 7.05 Å². The fourth-order valence-corrected chi connectivity index (χ4v) is 3.77. The molecule has 0 saturated carbocycles. The van der Waals surface area contributed by atoms with E-state index >= 15 is 0 Å². The maximum atomic E-state index is 2.35. The molecule has 18 heavy (non-hydrogen) atoms. The lowest BCUT2D eigenvalue weighted by atomic mass is 9.91. The molecule has 2 heterocycles. The van der Waals surface area contributed by atoms with E-state index in [1.807, 2.05) is 11.3 Å². The van der Waals surface area contributed by atoms with E-state index in [0.717, 1.165) is 0 Å². The van der Waals surface area contributed by atoms with Crippen molar-refractivity contribution in [1.29, 1.82) is 0 Å². The van der Waals surface area contributed by atoms with Gasteiger partial charge in [-0.05, 0) is 12.1 Å². The number of nitrogens with zero attached hydrogens (tertiary/aromatic N) is 1.